The van der Waals surface area contributed by atoms with E-state index in [2.05, 4.69) is 5.32 Å². The van der Waals surface area contributed by atoms with E-state index >= 15 is 0 Å². The van der Waals surface area contributed by atoms with Crippen LogP contribution in [0.5, 0.6) is 5.75 Å². The molecule has 0 fully saturated rings. The van der Waals surface area contributed by atoms with Crippen LogP contribution in [0.4, 0.5) is 5.69 Å². The molecule has 1 aliphatic carbocycles. The smallest absolute Gasteiger partial charge is 0.277 e. The van der Waals surface area contributed by atoms with Gasteiger partial charge in [0, 0.05) is 39.8 Å². The molecule has 8 heteroatoms. The lowest BCUT2D eigenvalue weighted by Gasteiger charge is -2.21. The Morgan fingerprint density at radius 2 is 1.93 bits per heavy atom. The minimum Gasteiger partial charge on any atom is -0.496 e. The molecule has 1 aromatic heterocycles. The van der Waals surface area contributed by atoms with Crippen LogP contribution in [-0.2, 0) is 22.9 Å². The van der Waals surface area contributed by atoms with Crippen molar-refractivity contribution in [1.82, 2.24) is 9.55 Å². The second kappa shape index (κ2) is 9.40. The molecule has 0 aliphatic heterocycles. The summed E-state index contributed by atoms with van der Waals surface area (Å²) in [5, 5.41) is 3.14. The number of benzene rings is 1. The third-order valence-corrected chi connectivity index (χ3v) is 5.48. The maximum Gasteiger partial charge on any atom is 0.277 e. The summed E-state index contributed by atoms with van der Waals surface area (Å²) in [6.45, 7) is 2.63. The van der Waals surface area contributed by atoms with E-state index in [1.165, 1.54) is 4.57 Å². The van der Waals surface area contributed by atoms with Gasteiger partial charge in [0.2, 0.25) is 0 Å². The van der Waals surface area contributed by atoms with Crippen LogP contribution in [0.15, 0.2) is 16.9 Å². The lowest BCUT2D eigenvalue weighted by atomic mass is 9.88. The normalized spacial score (nSPS) is 14.4. The second-order valence-corrected chi connectivity index (χ2v) is 7.44. The standard InChI is InChI=1S/C22H29N3O5/c1-13-20(23-11-15(29-4)12-28-3)22(27)25(2)21(24-13)17-9-14-7-6-8-18(26)16(14)10-19(17)30-5/h9-10,15,23H,6-8,11-12H2,1-5H3. The van der Waals surface area contributed by atoms with Gasteiger partial charge in [-0.1, -0.05) is 0 Å². The number of hydrogen-bond acceptors (Lipinski definition) is 7. The summed E-state index contributed by atoms with van der Waals surface area (Å²) in [6.07, 6.45) is 2.02. The van der Waals surface area contributed by atoms with Gasteiger partial charge in [-0.3, -0.25) is 14.2 Å². The molecule has 0 radical (unpaired) electrons. The van der Waals surface area contributed by atoms with Gasteiger partial charge < -0.3 is 19.5 Å². The third kappa shape index (κ3) is 4.24. The highest BCUT2D eigenvalue weighted by Gasteiger charge is 2.23. The number of hydrogen-bond donors (Lipinski definition) is 1. The molecule has 0 amide bonds. The van der Waals surface area contributed by atoms with Crippen LogP contribution >= 0.6 is 0 Å². The van der Waals surface area contributed by atoms with Crippen LogP contribution in [0.2, 0.25) is 0 Å². The molecule has 1 aliphatic rings. The molecule has 0 saturated heterocycles. The molecule has 0 spiro atoms. The Balaban J connectivity index is 2.02. The number of aromatic nitrogens is 2. The first-order chi connectivity index (χ1) is 14.4. The minimum atomic E-state index is -0.194. The fourth-order valence-electron chi connectivity index (χ4n) is 3.77. The number of carbonyl (C=O) groups is 1. The third-order valence-electron chi connectivity index (χ3n) is 5.48. The molecule has 1 N–H and O–H groups in total. The molecule has 30 heavy (non-hydrogen) atoms. The van der Waals surface area contributed by atoms with E-state index in [4.69, 9.17) is 19.2 Å². The molecule has 162 valence electrons. The number of Topliss-reactive ketones (excluding diaryl/α,β-unsaturated/α-hetero) is 1. The van der Waals surface area contributed by atoms with Crippen LogP contribution in [0.3, 0.4) is 0 Å². The van der Waals surface area contributed by atoms with Crippen molar-refractivity contribution < 1.29 is 19.0 Å². The summed E-state index contributed by atoms with van der Waals surface area (Å²) >= 11 is 0. The Morgan fingerprint density at radius 3 is 2.60 bits per heavy atom. The average molecular weight is 415 g/mol. The van der Waals surface area contributed by atoms with Crippen LogP contribution in [0.1, 0.15) is 34.5 Å². The van der Waals surface area contributed by atoms with Gasteiger partial charge in [-0.2, -0.15) is 0 Å². The van der Waals surface area contributed by atoms with E-state index in [0.29, 0.717) is 53.7 Å². The van der Waals surface area contributed by atoms with E-state index < -0.39 is 0 Å². The predicted molar refractivity (Wildman–Crippen MR) is 115 cm³/mol. The van der Waals surface area contributed by atoms with Crippen LogP contribution in [0.25, 0.3) is 11.4 Å². The average Bonchev–Trinajstić information content (AvgIpc) is 2.74. The van der Waals surface area contributed by atoms with Gasteiger partial charge in [0.1, 0.15) is 17.3 Å². The molecule has 3 rings (SSSR count). The van der Waals surface area contributed by atoms with Gasteiger partial charge in [-0.05, 0) is 37.5 Å². The van der Waals surface area contributed by atoms with Gasteiger partial charge in [0.05, 0.1) is 31.1 Å². The van der Waals surface area contributed by atoms with Crippen molar-refractivity contribution in [1.29, 1.82) is 0 Å². The highest BCUT2D eigenvalue weighted by atomic mass is 16.5. The number of methoxy groups -OCH3 is 3. The largest absolute Gasteiger partial charge is 0.496 e. The highest BCUT2D eigenvalue weighted by Crippen LogP contribution is 2.34. The number of ketones is 1. The molecule has 0 bridgehead atoms. The summed E-state index contributed by atoms with van der Waals surface area (Å²) in [4.78, 5) is 30.0. The fourth-order valence-corrected chi connectivity index (χ4v) is 3.77. The summed E-state index contributed by atoms with van der Waals surface area (Å²) in [7, 11) is 6.44. The van der Waals surface area contributed by atoms with E-state index in [-0.39, 0.29) is 17.4 Å². The molecular formula is C22H29N3O5. The van der Waals surface area contributed by atoms with Gasteiger partial charge in [-0.15, -0.1) is 0 Å². The van der Waals surface area contributed by atoms with Crippen LogP contribution in [0, 0.1) is 6.92 Å². The first-order valence-corrected chi connectivity index (χ1v) is 9.98. The quantitative estimate of drug-likeness (QED) is 0.708. The maximum absolute atomic E-state index is 13.1. The Kier molecular flexibility index (Phi) is 6.89. The molecule has 0 saturated carbocycles. The SMILES string of the molecule is COCC(CNc1c(C)nc(-c2cc3c(cc2OC)C(=O)CCC3)n(C)c1=O)OC. The summed E-state index contributed by atoms with van der Waals surface area (Å²) in [5.74, 6) is 1.16. The number of anilines is 1. The Labute approximate surface area is 176 Å². The lowest BCUT2D eigenvalue weighted by molar-refractivity contribution is 0.0365. The van der Waals surface area contributed by atoms with Crippen molar-refractivity contribution in [3.05, 3.63) is 39.3 Å². The second-order valence-electron chi connectivity index (χ2n) is 7.44. The van der Waals surface area contributed by atoms with Crippen molar-refractivity contribution >= 4 is 11.5 Å². The number of rotatable bonds is 8. The predicted octanol–water partition coefficient (Wildman–Crippen LogP) is 2.36. The zero-order chi connectivity index (χ0) is 21.8. The van der Waals surface area contributed by atoms with Crippen LogP contribution in [-0.4, -0.2) is 55.9 Å². The molecule has 2 aromatic rings. The molecule has 1 unspecified atom stereocenters. The zero-order valence-electron chi connectivity index (χ0n) is 18.2. The number of nitrogens with zero attached hydrogens (tertiary/aromatic N) is 2. The topological polar surface area (TPSA) is 91.7 Å². The van der Waals surface area contributed by atoms with Crippen LogP contribution < -0.4 is 15.6 Å². The van der Waals surface area contributed by atoms with Crippen molar-refractivity contribution in [2.45, 2.75) is 32.3 Å². The van der Waals surface area contributed by atoms with Gasteiger partial charge in [0.25, 0.3) is 5.56 Å². The number of ether oxygens (including phenoxy) is 3. The van der Waals surface area contributed by atoms with Gasteiger partial charge in [-0.25, -0.2) is 4.98 Å². The minimum absolute atomic E-state index is 0.127. The first-order valence-electron chi connectivity index (χ1n) is 9.98. The Hall–Kier alpha value is -2.71. The van der Waals surface area contributed by atoms with Crippen molar-refractivity contribution in [2.75, 3.05) is 39.8 Å². The number of nitrogens with one attached hydrogen (secondary N) is 1. The van der Waals surface area contributed by atoms with E-state index in [1.54, 1.807) is 41.4 Å². The number of aryl methyl sites for hydroxylation is 2. The summed E-state index contributed by atoms with van der Waals surface area (Å²) in [5.41, 5.74) is 3.18. The Bertz CT molecular complexity index is 999. The van der Waals surface area contributed by atoms with E-state index in [1.807, 2.05) is 6.07 Å². The number of fused-ring (bicyclic) bond motifs is 1. The van der Waals surface area contributed by atoms with Gasteiger partial charge >= 0.3 is 0 Å². The highest BCUT2D eigenvalue weighted by molar-refractivity contribution is 5.99. The lowest BCUT2D eigenvalue weighted by Crippen LogP contribution is -2.31. The van der Waals surface area contributed by atoms with E-state index in [0.717, 1.165) is 18.4 Å². The molecule has 1 atom stereocenters. The fraction of sp³-hybridized carbons (Fsp3) is 0.500. The van der Waals surface area contributed by atoms with Crippen molar-refractivity contribution in [3.8, 4) is 17.1 Å². The van der Waals surface area contributed by atoms with E-state index in [9.17, 15) is 9.59 Å². The Morgan fingerprint density at radius 1 is 1.17 bits per heavy atom. The molecule has 8 nitrogen and oxygen atoms in total. The van der Waals surface area contributed by atoms with Crippen molar-refractivity contribution in [3.63, 3.8) is 0 Å². The monoisotopic (exact) mass is 415 g/mol. The molecular weight excluding hydrogens is 386 g/mol. The molecule has 1 heterocycles. The zero-order valence-corrected chi connectivity index (χ0v) is 18.2. The van der Waals surface area contributed by atoms with Gasteiger partial charge in [0.15, 0.2) is 5.78 Å². The van der Waals surface area contributed by atoms with Crippen molar-refractivity contribution in [2.24, 2.45) is 7.05 Å². The first kappa shape index (κ1) is 22.0. The summed E-state index contributed by atoms with van der Waals surface area (Å²) in [6, 6.07) is 3.70. The maximum atomic E-state index is 13.1. The molecule has 1 aromatic carbocycles. The summed E-state index contributed by atoms with van der Waals surface area (Å²) < 4.78 is 17.5. The number of carbonyl (C=O) groups excluding carboxylic acids is 1.